The summed E-state index contributed by atoms with van der Waals surface area (Å²) in [5, 5.41) is 7.30. The number of halogens is 1. The van der Waals surface area contributed by atoms with Crippen LogP contribution in [0.15, 0.2) is 59.5 Å². The molecule has 9 heteroatoms. The van der Waals surface area contributed by atoms with Crippen molar-refractivity contribution < 1.29 is 8.42 Å². The molecule has 6 nitrogen and oxygen atoms in total. The summed E-state index contributed by atoms with van der Waals surface area (Å²) in [4.78, 5) is 0.283. The Labute approximate surface area is 161 Å². The van der Waals surface area contributed by atoms with E-state index < -0.39 is 9.84 Å². The number of H-pyrrole nitrogens is 1. The van der Waals surface area contributed by atoms with E-state index in [1.54, 1.807) is 42.5 Å². The van der Waals surface area contributed by atoms with E-state index in [4.69, 9.17) is 29.7 Å². The number of aromatic nitrogens is 3. The molecular formula is C17H17ClN4O2S2. The summed E-state index contributed by atoms with van der Waals surface area (Å²) in [6.45, 7) is 0. The van der Waals surface area contributed by atoms with Crippen molar-refractivity contribution in [3.05, 3.63) is 75.8 Å². The first-order valence-corrected chi connectivity index (χ1v) is 10.3. The lowest BCUT2D eigenvalue weighted by Gasteiger charge is -2.17. The number of benzene rings is 2. The molecule has 3 rings (SSSR count). The van der Waals surface area contributed by atoms with Crippen LogP contribution < -0.4 is 5.84 Å². The maximum atomic E-state index is 12.9. The first kappa shape index (κ1) is 18.6. The van der Waals surface area contributed by atoms with Crippen molar-refractivity contribution in [2.45, 2.75) is 17.2 Å². The van der Waals surface area contributed by atoms with Crippen molar-refractivity contribution in [2.75, 3.05) is 11.6 Å². The van der Waals surface area contributed by atoms with Crippen LogP contribution in [0.3, 0.4) is 0 Å². The summed E-state index contributed by atoms with van der Waals surface area (Å²) in [6, 6.07) is 15.5. The predicted octanol–water partition coefficient (Wildman–Crippen LogP) is 3.11. The lowest BCUT2D eigenvalue weighted by atomic mass is 9.97. The molecular weight excluding hydrogens is 392 g/mol. The van der Waals surface area contributed by atoms with Gasteiger partial charge in [-0.2, -0.15) is 5.10 Å². The first-order valence-electron chi connectivity index (χ1n) is 7.81. The molecule has 0 fully saturated rings. The van der Waals surface area contributed by atoms with Gasteiger partial charge in [-0.1, -0.05) is 41.9 Å². The molecule has 0 radical (unpaired) electrons. The van der Waals surface area contributed by atoms with E-state index in [0.717, 1.165) is 5.56 Å². The topological polar surface area (TPSA) is 93.8 Å². The number of nitrogen functional groups attached to an aromatic ring is 1. The van der Waals surface area contributed by atoms with Gasteiger partial charge >= 0.3 is 0 Å². The lowest BCUT2D eigenvalue weighted by molar-refractivity contribution is 0.583. The van der Waals surface area contributed by atoms with Crippen molar-refractivity contribution in [2.24, 2.45) is 0 Å². The Bertz CT molecular complexity index is 1040. The molecule has 2 aromatic carbocycles. The number of hydrogen-bond acceptors (Lipinski definition) is 5. The zero-order valence-electron chi connectivity index (χ0n) is 13.7. The fourth-order valence-corrected chi connectivity index (χ4v) is 4.58. The fourth-order valence-electron chi connectivity index (χ4n) is 2.70. The third kappa shape index (κ3) is 4.14. The van der Waals surface area contributed by atoms with Gasteiger partial charge < -0.3 is 5.84 Å². The predicted molar refractivity (Wildman–Crippen MR) is 104 cm³/mol. The second-order valence-corrected chi connectivity index (χ2v) is 8.72. The van der Waals surface area contributed by atoms with Gasteiger partial charge in [0.15, 0.2) is 15.7 Å². The first-order chi connectivity index (χ1) is 12.4. The van der Waals surface area contributed by atoms with Crippen LogP contribution in [0.1, 0.15) is 17.3 Å². The zero-order chi connectivity index (χ0) is 18.7. The SMILES string of the molecule is Nn1c(CC(CS(=O)(=O)c2ccccc2)c2ccc(Cl)cc2)n[nH]c1=S. The molecule has 0 aliphatic rings. The van der Waals surface area contributed by atoms with Gasteiger partial charge in [0.25, 0.3) is 0 Å². The van der Waals surface area contributed by atoms with Crippen molar-refractivity contribution in [3.8, 4) is 0 Å². The van der Waals surface area contributed by atoms with Gasteiger partial charge in [-0.15, -0.1) is 0 Å². The van der Waals surface area contributed by atoms with Crippen LogP contribution in [0.4, 0.5) is 0 Å². The molecule has 0 aliphatic heterocycles. The van der Waals surface area contributed by atoms with Gasteiger partial charge in [0.2, 0.25) is 4.77 Å². The third-order valence-corrected chi connectivity index (χ3v) is 6.44. The molecule has 0 amide bonds. The van der Waals surface area contributed by atoms with E-state index in [2.05, 4.69) is 10.2 Å². The maximum Gasteiger partial charge on any atom is 0.214 e. The number of aromatic amines is 1. The van der Waals surface area contributed by atoms with Crippen molar-refractivity contribution in [1.29, 1.82) is 0 Å². The summed E-state index contributed by atoms with van der Waals surface area (Å²) >= 11 is 11.0. The summed E-state index contributed by atoms with van der Waals surface area (Å²) in [7, 11) is -3.49. The highest BCUT2D eigenvalue weighted by atomic mass is 35.5. The van der Waals surface area contributed by atoms with E-state index in [1.807, 2.05) is 12.1 Å². The second kappa shape index (κ2) is 7.61. The molecule has 26 heavy (non-hydrogen) atoms. The van der Waals surface area contributed by atoms with Crippen LogP contribution in [-0.4, -0.2) is 29.0 Å². The number of hydrogen-bond donors (Lipinski definition) is 2. The van der Waals surface area contributed by atoms with E-state index >= 15 is 0 Å². The molecule has 3 N–H and O–H groups in total. The van der Waals surface area contributed by atoms with Crippen molar-refractivity contribution in [3.63, 3.8) is 0 Å². The Morgan fingerprint density at radius 1 is 1.15 bits per heavy atom. The highest BCUT2D eigenvalue weighted by Crippen LogP contribution is 2.26. The number of nitrogens with one attached hydrogen (secondary N) is 1. The monoisotopic (exact) mass is 408 g/mol. The van der Waals surface area contributed by atoms with Gasteiger partial charge in [0, 0.05) is 17.4 Å². The zero-order valence-corrected chi connectivity index (χ0v) is 16.1. The summed E-state index contributed by atoms with van der Waals surface area (Å²) < 4.78 is 27.2. The Balaban J connectivity index is 1.96. The minimum Gasteiger partial charge on any atom is -0.335 e. The molecule has 0 aliphatic carbocycles. The average molecular weight is 409 g/mol. The number of rotatable bonds is 6. The normalized spacial score (nSPS) is 12.8. The van der Waals surface area contributed by atoms with Crippen LogP contribution >= 0.6 is 23.8 Å². The average Bonchev–Trinajstić information content (AvgIpc) is 2.94. The van der Waals surface area contributed by atoms with Gasteiger partial charge in [0.1, 0.15) is 0 Å². The van der Waals surface area contributed by atoms with Gasteiger partial charge in [-0.3, -0.25) is 5.10 Å². The number of nitrogens with two attached hydrogens (primary N) is 1. The minimum atomic E-state index is -3.49. The second-order valence-electron chi connectivity index (χ2n) is 5.86. The van der Waals surface area contributed by atoms with Crippen molar-refractivity contribution >= 4 is 33.7 Å². The molecule has 0 saturated heterocycles. The molecule has 1 heterocycles. The van der Waals surface area contributed by atoms with E-state index in [-0.39, 0.29) is 21.3 Å². The number of nitrogens with zero attached hydrogens (tertiary/aromatic N) is 2. The summed E-state index contributed by atoms with van der Waals surface area (Å²) in [5.41, 5.74) is 0.836. The van der Waals surface area contributed by atoms with Crippen LogP contribution in [-0.2, 0) is 16.3 Å². The smallest absolute Gasteiger partial charge is 0.214 e. The maximum absolute atomic E-state index is 12.9. The Kier molecular flexibility index (Phi) is 5.45. The van der Waals surface area contributed by atoms with Gasteiger partial charge in [-0.05, 0) is 42.0 Å². The van der Waals surface area contributed by atoms with Crippen LogP contribution in [0.2, 0.25) is 5.02 Å². The Morgan fingerprint density at radius 2 is 1.81 bits per heavy atom. The standard InChI is InChI=1S/C17H17ClN4O2S2/c18-14-8-6-12(7-9-14)13(10-16-20-21-17(25)22(16)19)11-26(23,24)15-4-2-1-3-5-15/h1-9,13H,10-11,19H2,(H,21,25). The molecule has 0 bridgehead atoms. The Hall–Kier alpha value is -2.16. The van der Waals surface area contributed by atoms with Crippen LogP contribution in [0.5, 0.6) is 0 Å². The number of sulfone groups is 1. The molecule has 1 aromatic heterocycles. The largest absolute Gasteiger partial charge is 0.335 e. The summed E-state index contributed by atoms with van der Waals surface area (Å²) in [5.74, 6) is 5.92. The Morgan fingerprint density at radius 3 is 2.38 bits per heavy atom. The molecule has 1 atom stereocenters. The van der Waals surface area contributed by atoms with E-state index in [9.17, 15) is 8.42 Å². The van der Waals surface area contributed by atoms with Crippen LogP contribution in [0, 0.1) is 4.77 Å². The molecule has 0 spiro atoms. The van der Waals surface area contributed by atoms with E-state index in [0.29, 0.717) is 17.3 Å². The van der Waals surface area contributed by atoms with Gasteiger partial charge in [-0.25, -0.2) is 13.1 Å². The molecule has 136 valence electrons. The molecule has 3 aromatic rings. The van der Waals surface area contributed by atoms with Crippen LogP contribution in [0.25, 0.3) is 0 Å². The van der Waals surface area contributed by atoms with E-state index in [1.165, 1.54) is 4.68 Å². The lowest BCUT2D eigenvalue weighted by Crippen LogP contribution is -2.21. The highest BCUT2D eigenvalue weighted by Gasteiger charge is 2.24. The van der Waals surface area contributed by atoms with Crippen molar-refractivity contribution in [1.82, 2.24) is 14.9 Å². The fraction of sp³-hybridized carbons (Fsp3) is 0.176. The molecule has 1 unspecified atom stereocenters. The third-order valence-electron chi connectivity index (χ3n) is 4.07. The molecule has 0 saturated carbocycles. The highest BCUT2D eigenvalue weighted by molar-refractivity contribution is 7.91. The quantitative estimate of drug-likeness (QED) is 0.482. The van der Waals surface area contributed by atoms with Gasteiger partial charge in [0.05, 0.1) is 10.6 Å². The minimum absolute atomic E-state index is 0.0851. The summed E-state index contributed by atoms with van der Waals surface area (Å²) in [6.07, 6.45) is 0.317.